The largest absolute Gasteiger partial charge is 0.294 e. The molecule has 0 saturated heterocycles. The summed E-state index contributed by atoms with van der Waals surface area (Å²) in [6.45, 7) is 2.15. The van der Waals surface area contributed by atoms with Crippen LogP contribution in [-0.2, 0) is 4.79 Å². The lowest BCUT2D eigenvalue weighted by atomic mass is 9.98. The van der Waals surface area contributed by atoms with Gasteiger partial charge in [-0.05, 0) is 12.3 Å². The lowest BCUT2D eigenvalue weighted by Crippen LogP contribution is -1.95. The second kappa shape index (κ2) is 2.74. The van der Waals surface area contributed by atoms with Gasteiger partial charge >= 0.3 is 0 Å². The van der Waals surface area contributed by atoms with Crippen molar-refractivity contribution in [3.05, 3.63) is 35.5 Å². The van der Waals surface area contributed by atoms with Crippen molar-refractivity contribution in [2.45, 2.75) is 19.8 Å². The molecule has 1 nitrogen and oxygen atoms in total. The number of carbonyl (C=O) groups is 1. The molecule has 1 unspecified atom stereocenters. The SMILES string of the molecule is CC1C=CC=CC2=C1CCC2=O. The topological polar surface area (TPSA) is 17.1 Å². The van der Waals surface area contributed by atoms with E-state index in [4.69, 9.17) is 0 Å². The molecule has 0 aromatic heterocycles. The van der Waals surface area contributed by atoms with Gasteiger partial charge in [0, 0.05) is 12.0 Å². The first-order valence-corrected chi connectivity index (χ1v) is 4.40. The zero-order valence-electron chi connectivity index (χ0n) is 7.21. The highest BCUT2D eigenvalue weighted by Gasteiger charge is 2.23. The van der Waals surface area contributed by atoms with E-state index < -0.39 is 0 Å². The number of hydrogen-bond donors (Lipinski definition) is 0. The first kappa shape index (κ1) is 7.53. The molecule has 0 saturated carbocycles. The zero-order valence-corrected chi connectivity index (χ0v) is 7.21. The van der Waals surface area contributed by atoms with Gasteiger partial charge in [0.15, 0.2) is 5.78 Å². The van der Waals surface area contributed by atoms with Crippen LogP contribution in [0.4, 0.5) is 0 Å². The molecule has 0 N–H and O–H groups in total. The normalized spacial score (nSPS) is 27.8. The van der Waals surface area contributed by atoms with Gasteiger partial charge in [-0.25, -0.2) is 0 Å². The molecule has 1 heteroatoms. The summed E-state index contributed by atoms with van der Waals surface area (Å²) in [6, 6.07) is 0. The van der Waals surface area contributed by atoms with Crippen molar-refractivity contribution in [2.75, 3.05) is 0 Å². The van der Waals surface area contributed by atoms with Crippen LogP contribution in [0.2, 0.25) is 0 Å². The Morgan fingerprint density at radius 2 is 2.17 bits per heavy atom. The number of Topliss-reactive ketones (excluding diaryl/α,β-unsaturated/α-hetero) is 1. The van der Waals surface area contributed by atoms with E-state index >= 15 is 0 Å². The number of rotatable bonds is 0. The second-order valence-corrected chi connectivity index (χ2v) is 3.39. The van der Waals surface area contributed by atoms with Crippen LogP contribution in [0, 0.1) is 5.92 Å². The van der Waals surface area contributed by atoms with Crippen molar-refractivity contribution >= 4 is 5.78 Å². The average Bonchev–Trinajstić information content (AvgIpc) is 2.30. The van der Waals surface area contributed by atoms with Crippen LogP contribution in [0.1, 0.15) is 19.8 Å². The van der Waals surface area contributed by atoms with Gasteiger partial charge in [-0.3, -0.25) is 4.79 Å². The maximum absolute atomic E-state index is 11.4. The molecule has 0 aromatic rings. The maximum atomic E-state index is 11.4. The summed E-state index contributed by atoms with van der Waals surface area (Å²) in [5.74, 6) is 0.762. The number of ketones is 1. The van der Waals surface area contributed by atoms with E-state index in [1.807, 2.05) is 18.2 Å². The van der Waals surface area contributed by atoms with Crippen LogP contribution in [-0.4, -0.2) is 5.78 Å². The van der Waals surface area contributed by atoms with E-state index in [-0.39, 0.29) is 0 Å². The molecule has 2 aliphatic carbocycles. The van der Waals surface area contributed by atoms with Gasteiger partial charge in [0.2, 0.25) is 0 Å². The summed E-state index contributed by atoms with van der Waals surface area (Å²) >= 11 is 0. The Balaban J connectivity index is 2.45. The van der Waals surface area contributed by atoms with Crippen LogP contribution >= 0.6 is 0 Å². The Morgan fingerprint density at radius 1 is 1.33 bits per heavy atom. The summed E-state index contributed by atoms with van der Waals surface area (Å²) in [5, 5.41) is 0. The van der Waals surface area contributed by atoms with Crippen LogP contribution in [0.15, 0.2) is 35.5 Å². The summed E-state index contributed by atoms with van der Waals surface area (Å²) in [4.78, 5) is 11.4. The number of allylic oxidation sites excluding steroid dienone is 6. The highest BCUT2D eigenvalue weighted by atomic mass is 16.1. The minimum atomic E-state index is 0.316. The fraction of sp³-hybridized carbons (Fsp3) is 0.364. The average molecular weight is 160 g/mol. The van der Waals surface area contributed by atoms with Crippen LogP contribution in [0.5, 0.6) is 0 Å². The molecule has 0 radical (unpaired) electrons. The lowest BCUT2D eigenvalue weighted by Gasteiger charge is -2.06. The zero-order chi connectivity index (χ0) is 8.55. The molecule has 0 aliphatic heterocycles. The second-order valence-electron chi connectivity index (χ2n) is 3.39. The minimum Gasteiger partial charge on any atom is -0.294 e. The minimum absolute atomic E-state index is 0.316. The summed E-state index contributed by atoms with van der Waals surface area (Å²) in [5.41, 5.74) is 2.29. The molecule has 0 fully saturated rings. The smallest absolute Gasteiger partial charge is 0.163 e. The fourth-order valence-electron chi connectivity index (χ4n) is 1.87. The van der Waals surface area contributed by atoms with Crippen molar-refractivity contribution in [3.8, 4) is 0 Å². The Hall–Kier alpha value is -1.11. The van der Waals surface area contributed by atoms with Crippen molar-refractivity contribution < 1.29 is 4.79 Å². The van der Waals surface area contributed by atoms with Gasteiger partial charge in [0.25, 0.3) is 0 Å². The van der Waals surface area contributed by atoms with Gasteiger partial charge in [0.05, 0.1) is 0 Å². The summed E-state index contributed by atoms with van der Waals surface area (Å²) < 4.78 is 0. The fourth-order valence-corrected chi connectivity index (χ4v) is 1.87. The summed E-state index contributed by atoms with van der Waals surface area (Å²) in [6.07, 6.45) is 9.76. The quantitative estimate of drug-likeness (QED) is 0.532. The molecule has 62 valence electrons. The Labute approximate surface area is 72.5 Å². The number of carbonyl (C=O) groups excluding carboxylic acids is 1. The van der Waals surface area contributed by atoms with Crippen molar-refractivity contribution in [1.82, 2.24) is 0 Å². The monoisotopic (exact) mass is 160 g/mol. The Bertz CT molecular complexity index is 305. The molecule has 0 aromatic carbocycles. The van der Waals surface area contributed by atoms with Gasteiger partial charge in [-0.1, -0.05) is 36.8 Å². The number of hydrogen-bond acceptors (Lipinski definition) is 1. The summed E-state index contributed by atoms with van der Waals surface area (Å²) in [7, 11) is 0. The standard InChI is InChI=1S/C11H12O/c1-8-4-2-3-5-10-9(8)6-7-11(10)12/h2-5,8H,6-7H2,1H3. The van der Waals surface area contributed by atoms with E-state index in [0.717, 1.165) is 12.0 Å². The molecule has 1 atom stereocenters. The molecule has 12 heavy (non-hydrogen) atoms. The lowest BCUT2D eigenvalue weighted by molar-refractivity contribution is -0.114. The highest BCUT2D eigenvalue weighted by molar-refractivity contribution is 6.01. The molecule has 2 rings (SSSR count). The molecule has 0 heterocycles. The van der Waals surface area contributed by atoms with E-state index in [0.29, 0.717) is 18.1 Å². The maximum Gasteiger partial charge on any atom is 0.163 e. The third kappa shape index (κ3) is 1.06. The molecule has 0 spiro atoms. The molecular formula is C11H12O. The van der Waals surface area contributed by atoms with Gasteiger partial charge in [-0.15, -0.1) is 0 Å². The molecule has 2 aliphatic rings. The van der Waals surface area contributed by atoms with Gasteiger partial charge in [0.1, 0.15) is 0 Å². The van der Waals surface area contributed by atoms with Crippen molar-refractivity contribution in [3.63, 3.8) is 0 Å². The third-order valence-corrected chi connectivity index (χ3v) is 2.59. The first-order chi connectivity index (χ1) is 5.79. The third-order valence-electron chi connectivity index (χ3n) is 2.59. The van der Waals surface area contributed by atoms with Gasteiger partial charge in [-0.2, -0.15) is 0 Å². The van der Waals surface area contributed by atoms with E-state index in [1.54, 1.807) is 0 Å². The molecule has 0 amide bonds. The molecular weight excluding hydrogens is 148 g/mol. The van der Waals surface area contributed by atoms with Crippen molar-refractivity contribution in [1.29, 1.82) is 0 Å². The predicted octanol–water partition coefficient (Wildman–Crippen LogP) is 2.41. The highest BCUT2D eigenvalue weighted by Crippen LogP contribution is 2.31. The predicted molar refractivity (Wildman–Crippen MR) is 48.7 cm³/mol. The van der Waals surface area contributed by atoms with Crippen LogP contribution in [0.25, 0.3) is 0 Å². The Kier molecular flexibility index (Phi) is 1.72. The van der Waals surface area contributed by atoms with Crippen LogP contribution in [0.3, 0.4) is 0 Å². The molecule has 0 bridgehead atoms. The first-order valence-electron chi connectivity index (χ1n) is 4.40. The van der Waals surface area contributed by atoms with E-state index in [2.05, 4.69) is 13.0 Å². The Morgan fingerprint density at radius 3 is 3.00 bits per heavy atom. The van der Waals surface area contributed by atoms with Crippen LogP contribution < -0.4 is 0 Å². The van der Waals surface area contributed by atoms with Crippen molar-refractivity contribution in [2.24, 2.45) is 5.92 Å². The van der Waals surface area contributed by atoms with E-state index in [9.17, 15) is 4.79 Å². The van der Waals surface area contributed by atoms with E-state index in [1.165, 1.54) is 5.57 Å². The van der Waals surface area contributed by atoms with Gasteiger partial charge < -0.3 is 0 Å².